The summed E-state index contributed by atoms with van der Waals surface area (Å²) in [5.74, 6) is 0. The van der Waals surface area contributed by atoms with Crippen LogP contribution in [0.15, 0.2) is 22.7 Å². The maximum absolute atomic E-state index is 11.0. The predicted molar refractivity (Wildman–Crippen MR) is 82.8 cm³/mol. The number of hydrogen-bond acceptors (Lipinski definition) is 4. The van der Waals surface area contributed by atoms with Gasteiger partial charge in [-0.1, -0.05) is 19.1 Å². The van der Waals surface area contributed by atoms with Crippen LogP contribution < -0.4 is 5.32 Å². The monoisotopic (exact) mass is 341 g/mol. The van der Waals surface area contributed by atoms with Gasteiger partial charge in [-0.05, 0) is 47.4 Å². The molecule has 0 saturated carbocycles. The summed E-state index contributed by atoms with van der Waals surface area (Å²) in [5.41, 5.74) is 1.12. The van der Waals surface area contributed by atoms with Crippen LogP contribution in [-0.2, 0) is 6.54 Å². The fourth-order valence-electron chi connectivity index (χ4n) is 2.69. The van der Waals surface area contributed by atoms with Gasteiger partial charge in [-0.15, -0.1) is 0 Å². The van der Waals surface area contributed by atoms with Crippen LogP contribution in [0.2, 0.25) is 0 Å². The molecule has 1 aliphatic heterocycles. The Bertz CT molecular complexity index is 475. The molecule has 1 N–H and O–H groups in total. The molecule has 1 atom stereocenters. The van der Waals surface area contributed by atoms with Gasteiger partial charge in [0.05, 0.1) is 9.40 Å². The summed E-state index contributed by atoms with van der Waals surface area (Å²) in [7, 11) is 0. The minimum atomic E-state index is -0.341. The Morgan fingerprint density at radius 1 is 1.55 bits per heavy atom. The van der Waals surface area contributed by atoms with E-state index in [0.29, 0.717) is 10.5 Å². The summed E-state index contributed by atoms with van der Waals surface area (Å²) in [4.78, 5) is 13.0. The molecule has 1 aromatic carbocycles. The highest BCUT2D eigenvalue weighted by molar-refractivity contribution is 9.10. The zero-order valence-electron chi connectivity index (χ0n) is 11.6. The predicted octanol–water partition coefficient (Wildman–Crippen LogP) is 2.93. The largest absolute Gasteiger partial charge is 0.315 e. The smallest absolute Gasteiger partial charge is 0.283 e. The number of likely N-dealkylation sites (N-methyl/N-ethyl adjacent to an activating group) is 1. The van der Waals surface area contributed by atoms with Crippen molar-refractivity contribution >= 4 is 21.6 Å². The van der Waals surface area contributed by atoms with Gasteiger partial charge in [0.2, 0.25) is 0 Å². The first-order valence-electron chi connectivity index (χ1n) is 7.00. The van der Waals surface area contributed by atoms with E-state index in [1.807, 2.05) is 6.07 Å². The number of nitro benzene ring substituents is 1. The minimum absolute atomic E-state index is 0.139. The van der Waals surface area contributed by atoms with Crippen molar-refractivity contribution < 1.29 is 4.92 Å². The van der Waals surface area contributed by atoms with Crippen molar-refractivity contribution in [1.82, 2.24) is 10.2 Å². The minimum Gasteiger partial charge on any atom is -0.315 e. The van der Waals surface area contributed by atoms with E-state index >= 15 is 0 Å². The number of hydrogen-bond donors (Lipinski definition) is 1. The highest BCUT2D eigenvalue weighted by atomic mass is 79.9. The molecule has 0 bridgehead atoms. The molecule has 2 rings (SSSR count). The molecule has 20 heavy (non-hydrogen) atoms. The van der Waals surface area contributed by atoms with Crippen LogP contribution >= 0.6 is 15.9 Å². The van der Waals surface area contributed by atoms with E-state index in [1.54, 1.807) is 6.07 Å². The van der Waals surface area contributed by atoms with Gasteiger partial charge in [0.25, 0.3) is 5.69 Å². The van der Waals surface area contributed by atoms with Crippen LogP contribution in [0.25, 0.3) is 0 Å². The van der Waals surface area contributed by atoms with Crippen molar-refractivity contribution in [2.24, 2.45) is 0 Å². The van der Waals surface area contributed by atoms with Gasteiger partial charge in [0.1, 0.15) is 0 Å². The first-order chi connectivity index (χ1) is 9.63. The number of rotatable bonds is 5. The molecule has 1 unspecified atom stereocenters. The third-order valence-corrected chi connectivity index (χ3v) is 4.74. The Labute approximate surface area is 127 Å². The fraction of sp³-hybridized carbons (Fsp3) is 0.571. The van der Waals surface area contributed by atoms with E-state index in [2.05, 4.69) is 33.1 Å². The molecule has 1 aromatic rings. The van der Waals surface area contributed by atoms with Crippen molar-refractivity contribution in [3.8, 4) is 0 Å². The number of nitrogens with zero attached hydrogens (tertiary/aromatic N) is 2. The molecule has 1 saturated heterocycles. The number of nitro groups is 1. The molecule has 0 radical (unpaired) electrons. The van der Waals surface area contributed by atoms with E-state index in [0.717, 1.165) is 31.7 Å². The van der Waals surface area contributed by atoms with E-state index < -0.39 is 0 Å². The van der Waals surface area contributed by atoms with Crippen molar-refractivity contribution in [1.29, 1.82) is 0 Å². The van der Waals surface area contributed by atoms with E-state index in [9.17, 15) is 10.1 Å². The maximum Gasteiger partial charge on any atom is 0.283 e. The highest BCUT2D eigenvalue weighted by Crippen LogP contribution is 2.29. The lowest BCUT2D eigenvalue weighted by molar-refractivity contribution is -0.385. The van der Waals surface area contributed by atoms with Crippen molar-refractivity contribution in [3.63, 3.8) is 0 Å². The van der Waals surface area contributed by atoms with Crippen molar-refractivity contribution in [2.75, 3.05) is 19.6 Å². The van der Waals surface area contributed by atoms with Crippen LogP contribution in [-0.4, -0.2) is 35.5 Å². The summed E-state index contributed by atoms with van der Waals surface area (Å²) in [6.07, 6.45) is 2.38. The highest BCUT2D eigenvalue weighted by Gasteiger charge is 2.22. The average molecular weight is 342 g/mol. The summed E-state index contributed by atoms with van der Waals surface area (Å²) in [5, 5.41) is 14.4. The Morgan fingerprint density at radius 3 is 2.95 bits per heavy atom. The van der Waals surface area contributed by atoms with Crippen LogP contribution in [0.4, 0.5) is 5.69 Å². The molecule has 0 spiro atoms. The van der Waals surface area contributed by atoms with Crippen molar-refractivity contribution in [3.05, 3.63) is 38.3 Å². The van der Waals surface area contributed by atoms with Crippen LogP contribution in [0.5, 0.6) is 0 Å². The molecule has 5 nitrogen and oxygen atoms in total. The SMILES string of the molecule is CCN(Cc1cccc([N+](=O)[O-])c1Br)C1CCCNC1. The van der Waals surface area contributed by atoms with Gasteiger partial charge in [-0.3, -0.25) is 15.0 Å². The molecule has 110 valence electrons. The molecule has 1 fully saturated rings. The normalized spacial score (nSPS) is 19.2. The van der Waals surface area contributed by atoms with Gasteiger partial charge < -0.3 is 5.32 Å². The van der Waals surface area contributed by atoms with Gasteiger partial charge in [0.15, 0.2) is 0 Å². The lowest BCUT2D eigenvalue weighted by atomic mass is 10.0. The quantitative estimate of drug-likeness (QED) is 0.660. The van der Waals surface area contributed by atoms with Gasteiger partial charge in [-0.2, -0.15) is 0 Å². The summed E-state index contributed by atoms with van der Waals surface area (Å²) < 4.78 is 0.604. The molecular formula is C14H20BrN3O2. The Kier molecular flexibility index (Phi) is 5.51. The van der Waals surface area contributed by atoms with Crippen LogP contribution in [0, 0.1) is 10.1 Å². The summed E-state index contributed by atoms with van der Waals surface area (Å²) in [6, 6.07) is 5.76. The van der Waals surface area contributed by atoms with Gasteiger partial charge in [-0.25, -0.2) is 0 Å². The van der Waals surface area contributed by atoms with E-state index in [-0.39, 0.29) is 10.6 Å². The Balaban J connectivity index is 2.14. The average Bonchev–Trinajstić information content (AvgIpc) is 2.47. The maximum atomic E-state index is 11.0. The summed E-state index contributed by atoms with van der Waals surface area (Å²) >= 11 is 3.38. The molecule has 0 aromatic heterocycles. The zero-order valence-corrected chi connectivity index (χ0v) is 13.2. The Morgan fingerprint density at radius 2 is 2.35 bits per heavy atom. The topological polar surface area (TPSA) is 58.4 Å². The molecule has 1 heterocycles. The molecular weight excluding hydrogens is 322 g/mol. The van der Waals surface area contributed by atoms with Crippen LogP contribution in [0.3, 0.4) is 0 Å². The number of benzene rings is 1. The second-order valence-electron chi connectivity index (χ2n) is 5.07. The Hall–Kier alpha value is -0.980. The fourth-order valence-corrected chi connectivity index (χ4v) is 3.23. The zero-order chi connectivity index (χ0) is 14.5. The van der Waals surface area contributed by atoms with Gasteiger partial charge >= 0.3 is 0 Å². The third-order valence-electron chi connectivity index (χ3n) is 3.82. The number of piperidine rings is 1. The molecule has 0 aliphatic carbocycles. The van der Waals surface area contributed by atoms with Crippen molar-refractivity contribution in [2.45, 2.75) is 32.4 Å². The molecule has 0 amide bonds. The van der Waals surface area contributed by atoms with E-state index in [1.165, 1.54) is 18.9 Å². The third kappa shape index (κ3) is 3.56. The molecule has 1 aliphatic rings. The number of halogens is 1. The summed E-state index contributed by atoms with van der Waals surface area (Å²) in [6.45, 7) is 5.92. The van der Waals surface area contributed by atoms with Gasteiger partial charge in [0, 0.05) is 25.2 Å². The van der Waals surface area contributed by atoms with E-state index in [4.69, 9.17) is 0 Å². The lowest BCUT2D eigenvalue weighted by Gasteiger charge is -2.34. The first-order valence-corrected chi connectivity index (χ1v) is 7.79. The second-order valence-corrected chi connectivity index (χ2v) is 5.86. The second kappa shape index (κ2) is 7.15. The van der Waals surface area contributed by atoms with Crippen LogP contribution in [0.1, 0.15) is 25.3 Å². The first kappa shape index (κ1) is 15.4. The standard InChI is InChI=1S/C14H20BrN3O2/c1-2-17(12-6-4-8-16-9-12)10-11-5-3-7-13(14(11)15)18(19)20/h3,5,7,12,16H,2,4,6,8-10H2,1H3. The molecule has 6 heteroatoms. The number of nitrogens with one attached hydrogen (secondary N) is 1. The lowest BCUT2D eigenvalue weighted by Crippen LogP contribution is -2.45.